The van der Waals surface area contributed by atoms with Crippen LogP contribution in [0.3, 0.4) is 0 Å². The van der Waals surface area contributed by atoms with Gasteiger partial charge in [-0.05, 0) is 35.7 Å². The summed E-state index contributed by atoms with van der Waals surface area (Å²) < 4.78 is 0. The zero-order valence-electron chi connectivity index (χ0n) is 12.4. The molecule has 0 aliphatic carbocycles. The molecule has 0 aromatic heterocycles. The molecule has 1 heterocycles. The predicted molar refractivity (Wildman–Crippen MR) is 86.9 cm³/mol. The van der Waals surface area contributed by atoms with Crippen LogP contribution in [0.15, 0.2) is 48.5 Å². The van der Waals surface area contributed by atoms with Gasteiger partial charge >= 0.3 is 0 Å². The summed E-state index contributed by atoms with van der Waals surface area (Å²) in [7, 11) is 0. The van der Waals surface area contributed by atoms with E-state index in [-0.39, 0.29) is 18.2 Å². The number of hydrogen-bond acceptors (Lipinski definition) is 2. The number of rotatable bonds is 4. The summed E-state index contributed by atoms with van der Waals surface area (Å²) in [4.78, 5) is 24.2. The molecule has 2 amide bonds. The van der Waals surface area contributed by atoms with Gasteiger partial charge in [0.2, 0.25) is 11.8 Å². The average Bonchev–Trinajstić information content (AvgIpc) is 2.84. The van der Waals surface area contributed by atoms with Crippen molar-refractivity contribution in [2.45, 2.75) is 25.7 Å². The minimum Gasteiger partial charge on any atom is -0.326 e. The number of hydrogen-bond donors (Lipinski definition) is 2. The normalized spacial score (nSPS) is 16.0. The van der Waals surface area contributed by atoms with Crippen molar-refractivity contribution in [3.05, 3.63) is 59.7 Å². The Morgan fingerprint density at radius 2 is 1.86 bits per heavy atom. The lowest BCUT2D eigenvalue weighted by Crippen LogP contribution is -2.20. The maximum absolute atomic E-state index is 12.2. The molecule has 0 radical (unpaired) electrons. The lowest BCUT2D eigenvalue weighted by atomic mass is 9.97. The largest absolute Gasteiger partial charge is 0.326 e. The second kappa shape index (κ2) is 6.02. The van der Waals surface area contributed by atoms with Gasteiger partial charge in [-0.1, -0.05) is 37.3 Å². The van der Waals surface area contributed by atoms with Crippen LogP contribution in [0.25, 0.3) is 0 Å². The molecule has 0 spiro atoms. The Morgan fingerprint density at radius 1 is 1.14 bits per heavy atom. The number of amides is 2. The Labute approximate surface area is 129 Å². The number of anilines is 2. The first kappa shape index (κ1) is 14.3. The van der Waals surface area contributed by atoms with Crippen LogP contribution in [0.2, 0.25) is 0 Å². The van der Waals surface area contributed by atoms with Crippen LogP contribution in [0.5, 0.6) is 0 Å². The molecule has 2 aromatic carbocycles. The number of carbonyl (C=O) groups excluding carboxylic acids is 2. The molecule has 0 saturated carbocycles. The van der Waals surface area contributed by atoms with Gasteiger partial charge in [0.15, 0.2) is 0 Å². The van der Waals surface area contributed by atoms with E-state index in [1.807, 2.05) is 48.5 Å². The SMILES string of the molecule is CCc1ccc(NC(=O)CC2C(=O)Nc3ccccc32)cc1. The second-order valence-electron chi connectivity index (χ2n) is 5.43. The van der Waals surface area contributed by atoms with Crippen LogP contribution in [-0.2, 0) is 16.0 Å². The first-order chi connectivity index (χ1) is 10.7. The molecule has 22 heavy (non-hydrogen) atoms. The fourth-order valence-corrected chi connectivity index (χ4v) is 2.70. The molecule has 4 heteroatoms. The third kappa shape index (κ3) is 2.86. The van der Waals surface area contributed by atoms with Crippen molar-refractivity contribution in [3.8, 4) is 0 Å². The van der Waals surface area contributed by atoms with Crippen molar-refractivity contribution in [3.63, 3.8) is 0 Å². The summed E-state index contributed by atoms with van der Waals surface area (Å²) in [6.45, 7) is 2.09. The zero-order chi connectivity index (χ0) is 15.5. The van der Waals surface area contributed by atoms with Gasteiger partial charge in [-0.3, -0.25) is 9.59 Å². The monoisotopic (exact) mass is 294 g/mol. The van der Waals surface area contributed by atoms with Crippen molar-refractivity contribution in [2.75, 3.05) is 10.6 Å². The van der Waals surface area contributed by atoms with E-state index >= 15 is 0 Å². The Kier molecular flexibility index (Phi) is 3.92. The van der Waals surface area contributed by atoms with E-state index in [0.717, 1.165) is 23.4 Å². The number of fused-ring (bicyclic) bond motifs is 1. The molecule has 0 bridgehead atoms. The van der Waals surface area contributed by atoms with E-state index in [9.17, 15) is 9.59 Å². The molecule has 0 fully saturated rings. The molecule has 1 unspecified atom stereocenters. The number of aryl methyl sites for hydroxylation is 1. The van der Waals surface area contributed by atoms with Crippen LogP contribution in [0.1, 0.15) is 30.4 Å². The minimum atomic E-state index is -0.411. The molecule has 2 aromatic rings. The highest BCUT2D eigenvalue weighted by atomic mass is 16.2. The van der Waals surface area contributed by atoms with E-state index in [1.165, 1.54) is 5.56 Å². The Hall–Kier alpha value is -2.62. The number of para-hydroxylation sites is 1. The van der Waals surface area contributed by atoms with Gasteiger partial charge in [0.05, 0.1) is 5.92 Å². The minimum absolute atomic E-state index is 0.113. The molecule has 1 aliphatic heterocycles. The van der Waals surface area contributed by atoms with Gasteiger partial charge in [0.1, 0.15) is 0 Å². The van der Waals surface area contributed by atoms with Gasteiger partial charge in [-0.2, -0.15) is 0 Å². The van der Waals surface area contributed by atoms with E-state index in [0.29, 0.717) is 0 Å². The lowest BCUT2D eigenvalue weighted by molar-refractivity contribution is -0.122. The van der Waals surface area contributed by atoms with Crippen molar-refractivity contribution in [1.82, 2.24) is 0 Å². The van der Waals surface area contributed by atoms with Crippen LogP contribution >= 0.6 is 0 Å². The number of nitrogens with one attached hydrogen (secondary N) is 2. The predicted octanol–water partition coefficient (Wildman–Crippen LogP) is 3.31. The maximum atomic E-state index is 12.2. The highest BCUT2D eigenvalue weighted by Gasteiger charge is 2.31. The molecular weight excluding hydrogens is 276 g/mol. The van der Waals surface area contributed by atoms with Crippen LogP contribution in [-0.4, -0.2) is 11.8 Å². The topological polar surface area (TPSA) is 58.2 Å². The van der Waals surface area contributed by atoms with Crippen LogP contribution < -0.4 is 10.6 Å². The third-order valence-electron chi connectivity index (χ3n) is 3.95. The quantitative estimate of drug-likeness (QED) is 0.909. The highest BCUT2D eigenvalue weighted by Crippen LogP contribution is 2.34. The molecular formula is C18H18N2O2. The Morgan fingerprint density at radius 3 is 2.59 bits per heavy atom. The molecule has 3 rings (SSSR count). The van der Waals surface area contributed by atoms with Gasteiger partial charge in [-0.25, -0.2) is 0 Å². The van der Waals surface area contributed by atoms with Gasteiger partial charge in [0.25, 0.3) is 0 Å². The molecule has 4 nitrogen and oxygen atoms in total. The summed E-state index contributed by atoms with van der Waals surface area (Å²) in [5, 5.41) is 5.67. The summed E-state index contributed by atoms with van der Waals surface area (Å²) in [6, 6.07) is 15.3. The van der Waals surface area contributed by atoms with E-state index in [4.69, 9.17) is 0 Å². The van der Waals surface area contributed by atoms with Crippen LogP contribution in [0.4, 0.5) is 11.4 Å². The van der Waals surface area contributed by atoms with Crippen molar-refractivity contribution in [1.29, 1.82) is 0 Å². The van der Waals surface area contributed by atoms with Crippen molar-refractivity contribution < 1.29 is 9.59 Å². The Bertz CT molecular complexity index is 707. The maximum Gasteiger partial charge on any atom is 0.232 e. The molecule has 2 N–H and O–H groups in total. The fraction of sp³-hybridized carbons (Fsp3) is 0.222. The third-order valence-corrected chi connectivity index (χ3v) is 3.95. The van der Waals surface area contributed by atoms with Gasteiger partial charge in [0, 0.05) is 17.8 Å². The van der Waals surface area contributed by atoms with Crippen molar-refractivity contribution in [2.24, 2.45) is 0 Å². The molecule has 0 saturated heterocycles. The lowest BCUT2D eigenvalue weighted by Gasteiger charge is -2.10. The first-order valence-electron chi connectivity index (χ1n) is 7.46. The average molecular weight is 294 g/mol. The first-order valence-corrected chi connectivity index (χ1v) is 7.46. The number of benzene rings is 2. The standard InChI is InChI=1S/C18H18N2O2/c1-2-12-7-9-13(10-8-12)19-17(21)11-15-14-5-3-4-6-16(14)20-18(15)22/h3-10,15H,2,11H2,1H3,(H,19,21)(H,20,22). The summed E-state index contributed by atoms with van der Waals surface area (Å²) in [5.74, 6) is -0.676. The fourth-order valence-electron chi connectivity index (χ4n) is 2.70. The number of carbonyl (C=O) groups is 2. The van der Waals surface area contributed by atoms with Gasteiger partial charge in [-0.15, -0.1) is 0 Å². The van der Waals surface area contributed by atoms with Gasteiger partial charge < -0.3 is 10.6 Å². The smallest absolute Gasteiger partial charge is 0.232 e. The van der Waals surface area contributed by atoms with E-state index in [1.54, 1.807) is 0 Å². The molecule has 1 aliphatic rings. The van der Waals surface area contributed by atoms with E-state index in [2.05, 4.69) is 17.6 Å². The summed E-state index contributed by atoms with van der Waals surface area (Å²) >= 11 is 0. The Balaban J connectivity index is 1.68. The molecule has 112 valence electrons. The van der Waals surface area contributed by atoms with Crippen LogP contribution in [0, 0.1) is 0 Å². The summed E-state index contributed by atoms with van der Waals surface area (Å²) in [5.41, 5.74) is 3.68. The highest BCUT2D eigenvalue weighted by molar-refractivity contribution is 6.06. The summed E-state index contributed by atoms with van der Waals surface area (Å²) in [6.07, 6.45) is 1.12. The zero-order valence-corrected chi connectivity index (χ0v) is 12.4. The molecule has 1 atom stereocenters. The second-order valence-corrected chi connectivity index (χ2v) is 5.43. The van der Waals surface area contributed by atoms with Crippen molar-refractivity contribution >= 4 is 23.2 Å². The van der Waals surface area contributed by atoms with E-state index < -0.39 is 5.92 Å².